The number of hydrogen-bond acceptors (Lipinski definition) is 3. The summed E-state index contributed by atoms with van der Waals surface area (Å²) in [7, 11) is -3.64. The molecule has 0 radical (unpaired) electrons. The second kappa shape index (κ2) is 7.32. The zero-order valence-electron chi connectivity index (χ0n) is 17.1. The summed E-state index contributed by atoms with van der Waals surface area (Å²) in [6, 6.07) is 15.2. The Balaban J connectivity index is 1.41. The Morgan fingerprint density at radius 2 is 1.84 bits per heavy atom. The van der Waals surface area contributed by atoms with Gasteiger partial charge in [0.05, 0.1) is 17.6 Å². The molecule has 0 bridgehead atoms. The van der Waals surface area contributed by atoms with E-state index < -0.39 is 10.2 Å². The number of aromatic nitrogens is 2. The van der Waals surface area contributed by atoms with Crippen LogP contribution < -0.4 is 4.72 Å². The summed E-state index contributed by atoms with van der Waals surface area (Å²) < 4.78 is 45.3. The van der Waals surface area contributed by atoms with Gasteiger partial charge in [-0.05, 0) is 60.9 Å². The molecular weight excluding hydrogens is 415 g/mol. The van der Waals surface area contributed by atoms with Crippen LogP contribution in [0.5, 0.6) is 0 Å². The average Bonchev–Trinajstić information content (AvgIpc) is 3.14. The molecular formula is C23H23FN4O2S. The highest BCUT2D eigenvalue weighted by Crippen LogP contribution is 2.44. The number of piperidine rings is 1. The zero-order valence-corrected chi connectivity index (χ0v) is 17.9. The van der Waals surface area contributed by atoms with Crippen LogP contribution in [0, 0.1) is 11.2 Å². The lowest BCUT2D eigenvalue weighted by Gasteiger charge is -2.43. The molecule has 1 aromatic heterocycles. The van der Waals surface area contributed by atoms with E-state index in [1.807, 2.05) is 16.9 Å². The Morgan fingerprint density at radius 3 is 2.58 bits per heavy atom. The molecule has 1 aliphatic carbocycles. The minimum absolute atomic E-state index is 0.284. The highest BCUT2D eigenvalue weighted by molar-refractivity contribution is 7.90. The first-order valence-corrected chi connectivity index (χ1v) is 11.6. The first-order valence-electron chi connectivity index (χ1n) is 10.2. The Bertz CT molecular complexity index is 1250. The molecule has 0 amide bonds. The number of anilines is 1. The van der Waals surface area contributed by atoms with Crippen LogP contribution in [0.25, 0.3) is 11.8 Å². The third-order valence-corrected chi connectivity index (χ3v) is 7.63. The number of halogens is 1. The van der Waals surface area contributed by atoms with Crippen LogP contribution in [-0.2, 0) is 16.6 Å². The lowest BCUT2D eigenvalue weighted by atomic mass is 9.70. The second-order valence-corrected chi connectivity index (χ2v) is 10.1. The zero-order chi connectivity index (χ0) is 21.6. The standard InChI is InChI=1S/C23H23FN4O2S/c1-23-14-17-15-25-28(21-9-7-19(24)8-10-21)22(17)13-18(23)11-12-27(16-23)31(29,30)26-20-5-3-2-4-6-20/h2-10,13,15,26H,11-12,14,16H2,1H3/t23-/m1/s1. The summed E-state index contributed by atoms with van der Waals surface area (Å²) in [5.74, 6) is -0.284. The summed E-state index contributed by atoms with van der Waals surface area (Å²) >= 11 is 0. The summed E-state index contributed by atoms with van der Waals surface area (Å²) in [6.07, 6.45) is 5.31. The van der Waals surface area contributed by atoms with Gasteiger partial charge in [-0.2, -0.15) is 17.8 Å². The van der Waals surface area contributed by atoms with Crippen LogP contribution in [0.1, 0.15) is 24.6 Å². The predicted molar refractivity (Wildman–Crippen MR) is 118 cm³/mol. The van der Waals surface area contributed by atoms with Crippen LogP contribution in [0.15, 0.2) is 66.4 Å². The molecule has 31 heavy (non-hydrogen) atoms. The van der Waals surface area contributed by atoms with Gasteiger partial charge in [0.15, 0.2) is 0 Å². The maximum atomic E-state index is 13.3. The fraction of sp³-hybridized carbons (Fsp3) is 0.261. The Labute approximate surface area is 181 Å². The van der Waals surface area contributed by atoms with Gasteiger partial charge in [0.25, 0.3) is 0 Å². The number of benzene rings is 2. The summed E-state index contributed by atoms with van der Waals surface area (Å²) in [5.41, 5.74) is 4.32. The summed E-state index contributed by atoms with van der Waals surface area (Å²) in [6.45, 7) is 2.94. The van der Waals surface area contributed by atoms with Gasteiger partial charge in [-0.3, -0.25) is 4.72 Å². The van der Waals surface area contributed by atoms with Gasteiger partial charge in [0.1, 0.15) is 5.82 Å². The predicted octanol–water partition coefficient (Wildman–Crippen LogP) is 4.02. The van der Waals surface area contributed by atoms with Crippen molar-refractivity contribution in [2.45, 2.75) is 19.8 Å². The lowest BCUT2D eigenvalue weighted by molar-refractivity contribution is 0.232. The third-order valence-electron chi connectivity index (χ3n) is 6.14. The van der Waals surface area contributed by atoms with E-state index >= 15 is 0 Å². The molecule has 1 N–H and O–H groups in total. The topological polar surface area (TPSA) is 67.2 Å². The van der Waals surface area contributed by atoms with Crippen molar-refractivity contribution in [2.75, 3.05) is 17.8 Å². The van der Waals surface area contributed by atoms with Crippen molar-refractivity contribution in [2.24, 2.45) is 5.41 Å². The minimum atomic E-state index is -3.64. The van der Waals surface area contributed by atoms with Crippen molar-refractivity contribution in [3.8, 4) is 5.69 Å². The number of para-hydroxylation sites is 1. The van der Waals surface area contributed by atoms with Gasteiger partial charge in [-0.25, -0.2) is 9.07 Å². The molecule has 0 spiro atoms. The van der Waals surface area contributed by atoms with Gasteiger partial charge < -0.3 is 0 Å². The molecule has 8 heteroatoms. The van der Waals surface area contributed by atoms with Gasteiger partial charge >= 0.3 is 10.2 Å². The number of hydrogen-bond donors (Lipinski definition) is 1. The average molecular weight is 439 g/mol. The fourth-order valence-electron chi connectivity index (χ4n) is 4.51. The van der Waals surface area contributed by atoms with Crippen molar-refractivity contribution < 1.29 is 12.8 Å². The van der Waals surface area contributed by atoms with E-state index in [0.717, 1.165) is 16.9 Å². The Morgan fingerprint density at radius 1 is 1.10 bits per heavy atom. The van der Waals surface area contributed by atoms with Crippen LogP contribution in [-0.4, -0.2) is 35.6 Å². The Hall–Kier alpha value is -2.97. The molecule has 2 heterocycles. The van der Waals surface area contributed by atoms with Crippen LogP contribution in [0.3, 0.4) is 0 Å². The Kier molecular flexibility index (Phi) is 4.71. The molecule has 1 aliphatic heterocycles. The highest BCUT2D eigenvalue weighted by atomic mass is 32.2. The smallest absolute Gasteiger partial charge is 0.271 e. The molecule has 1 atom stereocenters. The minimum Gasteiger partial charge on any atom is -0.271 e. The second-order valence-electron chi connectivity index (χ2n) is 8.41. The molecule has 1 fully saturated rings. The summed E-state index contributed by atoms with van der Waals surface area (Å²) in [4.78, 5) is 0. The van der Waals surface area contributed by atoms with Crippen molar-refractivity contribution in [3.05, 3.63) is 83.4 Å². The molecule has 6 nitrogen and oxygen atoms in total. The molecule has 0 saturated carbocycles. The molecule has 5 rings (SSSR count). The maximum Gasteiger partial charge on any atom is 0.301 e. The highest BCUT2D eigenvalue weighted by Gasteiger charge is 2.42. The monoisotopic (exact) mass is 438 g/mol. The van der Waals surface area contributed by atoms with Crippen LogP contribution in [0.4, 0.5) is 10.1 Å². The van der Waals surface area contributed by atoms with Gasteiger partial charge in [-0.15, -0.1) is 0 Å². The van der Waals surface area contributed by atoms with E-state index in [9.17, 15) is 12.8 Å². The van der Waals surface area contributed by atoms with E-state index in [0.29, 0.717) is 31.6 Å². The normalized spacial score (nSPS) is 21.2. The number of nitrogens with zero attached hydrogens (tertiary/aromatic N) is 3. The van der Waals surface area contributed by atoms with Crippen molar-refractivity contribution in [1.29, 1.82) is 0 Å². The van der Waals surface area contributed by atoms with Crippen LogP contribution >= 0.6 is 0 Å². The van der Waals surface area contributed by atoms with E-state index in [2.05, 4.69) is 22.8 Å². The fourth-order valence-corrected chi connectivity index (χ4v) is 5.86. The molecule has 2 aliphatic rings. The molecule has 160 valence electrons. The summed E-state index contributed by atoms with van der Waals surface area (Å²) in [5, 5.41) is 4.52. The van der Waals surface area contributed by atoms with E-state index in [1.165, 1.54) is 22.0 Å². The van der Waals surface area contributed by atoms with Crippen LogP contribution in [0.2, 0.25) is 0 Å². The lowest BCUT2D eigenvalue weighted by Crippen LogP contribution is -2.49. The van der Waals surface area contributed by atoms with E-state index in [4.69, 9.17) is 0 Å². The molecule has 1 saturated heterocycles. The first-order chi connectivity index (χ1) is 14.8. The number of rotatable bonds is 4. The number of fused-ring (bicyclic) bond motifs is 2. The third kappa shape index (κ3) is 3.66. The van der Waals surface area contributed by atoms with Crippen molar-refractivity contribution >= 4 is 22.0 Å². The van der Waals surface area contributed by atoms with E-state index in [1.54, 1.807) is 36.4 Å². The van der Waals surface area contributed by atoms with Gasteiger partial charge in [0.2, 0.25) is 0 Å². The van der Waals surface area contributed by atoms with Crippen molar-refractivity contribution in [3.63, 3.8) is 0 Å². The first kappa shape index (κ1) is 20.0. The van der Waals surface area contributed by atoms with Crippen molar-refractivity contribution in [1.82, 2.24) is 14.1 Å². The largest absolute Gasteiger partial charge is 0.301 e. The SMILES string of the molecule is C[C@]12Cc3cnn(-c4ccc(F)cc4)c3C=C1CCN(S(=O)(=O)Nc1ccccc1)C2. The molecule has 0 unspecified atom stereocenters. The number of nitrogens with one attached hydrogen (secondary N) is 1. The van der Waals surface area contributed by atoms with E-state index in [-0.39, 0.29) is 11.2 Å². The molecule has 2 aromatic carbocycles. The molecule has 3 aromatic rings. The van der Waals surface area contributed by atoms with Gasteiger partial charge in [0, 0.05) is 24.2 Å². The van der Waals surface area contributed by atoms with Gasteiger partial charge in [-0.1, -0.05) is 30.7 Å². The quantitative estimate of drug-likeness (QED) is 0.669. The maximum absolute atomic E-state index is 13.3.